The monoisotopic (exact) mass is 435 g/mol. The van der Waals surface area contributed by atoms with Gasteiger partial charge in [-0.3, -0.25) is 0 Å². The number of ether oxygens (including phenoxy) is 2. The van der Waals surface area contributed by atoms with Gasteiger partial charge >= 0.3 is 6.09 Å². The molecule has 10 nitrogen and oxygen atoms in total. The first kappa shape index (κ1) is 21.9. The molecule has 3 atom stereocenters. The zero-order valence-corrected chi connectivity index (χ0v) is 17.6. The minimum absolute atomic E-state index is 0.00751. The van der Waals surface area contributed by atoms with E-state index in [9.17, 15) is 13.2 Å². The molecule has 1 aliphatic rings. The number of nitrogens with one attached hydrogen (secondary N) is 2. The van der Waals surface area contributed by atoms with Crippen LogP contribution in [0.4, 0.5) is 16.4 Å². The molecule has 0 unspecified atom stereocenters. The molecule has 1 aromatic carbocycles. The minimum Gasteiger partial charge on any atom is -0.444 e. The first-order valence-corrected chi connectivity index (χ1v) is 11.1. The predicted octanol–water partition coefficient (Wildman–Crippen LogP) is 2.22. The standard InChI is InChI=1S/C19H25N5O5S/c1-3-12(2)23-19(25)29-15-8-17(28-11-15)13-9-21-18(22-10-13)24-14-5-4-6-16(7-14)30(20,26)27/h4-7,9-10,12,15,17H,3,8,11H2,1-2H3,(H,23,25)(H2,20,26,27)(H,21,22,24)/t12-,15-,17-/m0/s1. The highest BCUT2D eigenvalue weighted by Gasteiger charge is 2.30. The Hall–Kier alpha value is -2.76. The molecule has 1 fully saturated rings. The smallest absolute Gasteiger partial charge is 0.407 e. The van der Waals surface area contributed by atoms with Crippen LogP contribution in [-0.2, 0) is 19.5 Å². The Labute approximate surface area is 175 Å². The molecule has 162 valence electrons. The summed E-state index contributed by atoms with van der Waals surface area (Å²) in [6.45, 7) is 4.20. The van der Waals surface area contributed by atoms with E-state index >= 15 is 0 Å². The number of aromatic nitrogens is 2. The van der Waals surface area contributed by atoms with Crippen molar-refractivity contribution in [2.24, 2.45) is 5.14 Å². The molecule has 0 spiro atoms. The topological polar surface area (TPSA) is 146 Å². The summed E-state index contributed by atoms with van der Waals surface area (Å²) < 4.78 is 34.0. The number of sulfonamides is 1. The van der Waals surface area contributed by atoms with Crippen LogP contribution >= 0.6 is 0 Å². The van der Waals surface area contributed by atoms with Crippen molar-refractivity contribution < 1.29 is 22.7 Å². The van der Waals surface area contributed by atoms with E-state index in [1.54, 1.807) is 24.5 Å². The lowest BCUT2D eigenvalue weighted by atomic mass is 10.1. The summed E-state index contributed by atoms with van der Waals surface area (Å²) in [5, 5.41) is 10.8. The number of nitrogens with two attached hydrogens (primary N) is 1. The SMILES string of the molecule is CC[C@H](C)NC(=O)O[C@@H]1CO[C@H](c2cnc(Nc3cccc(S(N)(=O)=O)c3)nc2)C1. The number of alkyl carbamates (subject to hydrolysis) is 1. The van der Waals surface area contributed by atoms with Gasteiger partial charge in [0.05, 0.1) is 17.6 Å². The number of nitrogens with zero attached hydrogens (tertiary/aromatic N) is 2. The summed E-state index contributed by atoms with van der Waals surface area (Å²) in [7, 11) is -3.80. The molecule has 1 amide bonds. The van der Waals surface area contributed by atoms with Crippen molar-refractivity contribution in [1.82, 2.24) is 15.3 Å². The van der Waals surface area contributed by atoms with E-state index in [0.717, 1.165) is 12.0 Å². The number of hydrogen-bond acceptors (Lipinski definition) is 8. The van der Waals surface area contributed by atoms with Crippen molar-refractivity contribution in [3.05, 3.63) is 42.2 Å². The van der Waals surface area contributed by atoms with Crippen LogP contribution in [0.5, 0.6) is 0 Å². The first-order chi connectivity index (χ1) is 14.2. The maximum atomic E-state index is 11.8. The lowest BCUT2D eigenvalue weighted by molar-refractivity contribution is 0.0686. The number of hydrogen-bond donors (Lipinski definition) is 3. The average molecular weight is 436 g/mol. The van der Waals surface area contributed by atoms with Crippen molar-refractivity contribution in [1.29, 1.82) is 0 Å². The molecule has 0 bridgehead atoms. The summed E-state index contributed by atoms with van der Waals surface area (Å²) in [4.78, 5) is 20.3. The Morgan fingerprint density at radius 3 is 2.77 bits per heavy atom. The van der Waals surface area contributed by atoms with Crippen molar-refractivity contribution in [2.45, 2.75) is 49.8 Å². The van der Waals surface area contributed by atoms with Crippen LogP contribution < -0.4 is 15.8 Å². The Morgan fingerprint density at radius 1 is 1.37 bits per heavy atom. The lowest BCUT2D eigenvalue weighted by Crippen LogP contribution is -2.35. The van der Waals surface area contributed by atoms with Gasteiger partial charge in [-0.1, -0.05) is 13.0 Å². The van der Waals surface area contributed by atoms with Gasteiger partial charge in [0.15, 0.2) is 0 Å². The first-order valence-electron chi connectivity index (χ1n) is 9.55. The second kappa shape index (κ2) is 9.37. The Kier molecular flexibility index (Phi) is 6.85. The van der Waals surface area contributed by atoms with Crippen LogP contribution in [-0.4, -0.2) is 43.2 Å². The second-order valence-corrected chi connectivity index (χ2v) is 8.64. The van der Waals surface area contributed by atoms with Gasteiger partial charge in [-0.2, -0.15) is 0 Å². The fraction of sp³-hybridized carbons (Fsp3) is 0.421. The normalized spacial score (nSPS) is 19.8. The third-order valence-corrected chi connectivity index (χ3v) is 5.58. The number of anilines is 2. The molecule has 1 saturated heterocycles. The Morgan fingerprint density at radius 2 is 2.10 bits per heavy atom. The summed E-state index contributed by atoms with van der Waals surface area (Å²) in [6.07, 6.45) is 3.51. The Balaban J connectivity index is 1.57. The fourth-order valence-corrected chi connectivity index (χ4v) is 3.41. The van der Waals surface area contributed by atoms with Gasteiger partial charge in [-0.15, -0.1) is 0 Å². The molecule has 0 radical (unpaired) electrons. The van der Waals surface area contributed by atoms with Crippen LogP contribution in [0.3, 0.4) is 0 Å². The van der Waals surface area contributed by atoms with Crippen molar-refractivity contribution in [2.75, 3.05) is 11.9 Å². The number of amides is 1. The van der Waals surface area contributed by atoms with Crippen LogP contribution in [0.1, 0.15) is 38.4 Å². The summed E-state index contributed by atoms with van der Waals surface area (Å²) >= 11 is 0. The van der Waals surface area contributed by atoms with E-state index in [1.807, 2.05) is 13.8 Å². The average Bonchev–Trinajstić information content (AvgIpc) is 3.16. The largest absolute Gasteiger partial charge is 0.444 e. The van der Waals surface area contributed by atoms with Gasteiger partial charge in [0, 0.05) is 36.1 Å². The zero-order valence-electron chi connectivity index (χ0n) is 16.7. The number of rotatable bonds is 7. The van der Waals surface area contributed by atoms with Gasteiger partial charge in [0.2, 0.25) is 16.0 Å². The van der Waals surface area contributed by atoms with Crippen LogP contribution in [0.2, 0.25) is 0 Å². The zero-order chi connectivity index (χ0) is 21.7. The number of benzene rings is 1. The quantitative estimate of drug-likeness (QED) is 0.600. The number of carbonyl (C=O) groups is 1. The van der Waals surface area contributed by atoms with Crippen LogP contribution in [0.25, 0.3) is 0 Å². The van der Waals surface area contributed by atoms with E-state index in [4.69, 9.17) is 14.6 Å². The molecule has 2 heterocycles. The molecule has 0 saturated carbocycles. The lowest BCUT2D eigenvalue weighted by Gasteiger charge is -2.15. The maximum Gasteiger partial charge on any atom is 0.407 e. The van der Waals surface area contributed by atoms with Crippen molar-refractivity contribution in [3.63, 3.8) is 0 Å². The molecule has 30 heavy (non-hydrogen) atoms. The third-order valence-electron chi connectivity index (χ3n) is 4.67. The second-order valence-electron chi connectivity index (χ2n) is 7.08. The fourth-order valence-electron chi connectivity index (χ4n) is 2.85. The van der Waals surface area contributed by atoms with E-state index in [-0.39, 0.29) is 23.1 Å². The van der Waals surface area contributed by atoms with Crippen LogP contribution in [0, 0.1) is 0 Å². The highest BCUT2D eigenvalue weighted by atomic mass is 32.2. The maximum absolute atomic E-state index is 11.8. The molecule has 0 aliphatic carbocycles. The van der Waals surface area contributed by atoms with E-state index in [1.165, 1.54) is 12.1 Å². The van der Waals surface area contributed by atoms with Crippen molar-refractivity contribution in [3.8, 4) is 0 Å². The molecular weight excluding hydrogens is 410 g/mol. The number of primary sulfonamides is 1. The molecule has 2 aromatic rings. The molecule has 4 N–H and O–H groups in total. The van der Waals surface area contributed by atoms with Gasteiger partial charge < -0.3 is 20.1 Å². The molecular formula is C19H25N5O5S. The third kappa shape index (κ3) is 5.88. The van der Waals surface area contributed by atoms with Gasteiger partial charge in [0.1, 0.15) is 6.10 Å². The number of carbonyl (C=O) groups excluding carboxylic acids is 1. The molecule has 1 aromatic heterocycles. The minimum atomic E-state index is -3.80. The summed E-state index contributed by atoms with van der Waals surface area (Å²) in [6, 6.07) is 6.11. The van der Waals surface area contributed by atoms with E-state index in [0.29, 0.717) is 24.7 Å². The van der Waals surface area contributed by atoms with Gasteiger partial charge in [-0.25, -0.2) is 28.3 Å². The molecule has 1 aliphatic heterocycles. The highest BCUT2D eigenvalue weighted by molar-refractivity contribution is 7.89. The van der Waals surface area contributed by atoms with E-state index < -0.39 is 16.1 Å². The summed E-state index contributed by atoms with van der Waals surface area (Å²) in [5.74, 6) is 0.295. The molecule has 11 heteroatoms. The summed E-state index contributed by atoms with van der Waals surface area (Å²) in [5.41, 5.74) is 1.25. The van der Waals surface area contributed by atoms with Gasteiger partial charge in [-0.05, 0) is 31.5 Å². The molecule has 3 rings (SSSR count). The van der Waals surface area contributed by atoms with Gasteiger partial charge in [0.25, 0.3) is 0 Å². The predicted molar refractivity (Wildman–Crippen MR) is 110 cm³/mol. The Bertz CT molecular complexity index is 983. The van der Waals surface area contributed by atoms with E-state index in [2.05, 4.69) is 20.6 Å². The van der Waals surface area contributed by atoms with Crippen LogP contribution in [0.15, 0.2) is 41.6 Å². The highest BCUT2D eigenvalue weighted by Crippen LogP contribution is 2.30. The van der Waals surface area contributed by atoms with Crippen molar-refractivity contribution >= 4 is 27.8 Å².